The molecule has 24 heavy (non-hydrogen) atoms. The number of rotatable bonds is 6. The molecule has 7 heteroatoms. The van der Waals surface area contributed by atoms with E-state index in [4.69, 9.17) is 11.6 Å². The van der Waals surface area contributed by atoms with Crippen molar-refractivity contribution >= 4 is 27.8 Å². The van der Waals surface area contributed by atoms with Crippen molar-refractivity contribution in [2.24, 2.45) is 5.10 Å². The number of nitrogens with zero attached hydrogens (tertiary/aromatic N) is 1. The largest absolute Gasteiger partial charge is 0.507 e. The minimum absolute atomic E-state index is 0.0414. The Hall–Kier alpha value is -2.05. The van der Waals surface area contributed by atoms with Crippen LogP contribution in [0.1, 0.15) is 37.3 Å². The van der Waals surface area contributed by atoms with Crippen LogP contribution in [-0.2, 0) is 10.0 Å². The summed E-state index contributed by atoms with van der Waals surface area (Å²) in [5.41, 5.74) is 1.40. The summed E-state index contributed by atoms with van der Waals surface area (Å²) in [6.07, 6.45) is 2.18. The third-order valence-corrected chi connectivity index (χ3v) is 5.21. The van der Waals surface area contributed by atoms with E-state index in [-0.39, 0.29) is 10.6 Å². The molecule has 0 aliphatic rings. The van der Waals surface area contributed by atoms with E-state index in [2.05, 4.69) is 23.8 Å². The molecule has 0 saturated carbocycles. The summed E-state index contributed by atoms with van der Waals surface area (Å²) in [7, 11) is -3.77. The monoisotopic (exact) mass is 366 g/mol. The van der Waals surface area contributed by atoms with Crippen molar-refractivity contribution in [1.29, 1.82) is 0 Å². The zero-order valence-electron chi connectivity index (χ0n) is 13.4. The second-order valence-corrected chi connectivity index (χ2v) is 7.53. The number of phenolic OH excluding ortho intramolecular Hbond substituents is 1. The van der Waals surface area contributed by atoms with Crippen LogP contribution in [0.2, 0.25) is 5.02 Å². The molecule has 0 aromatic heterocycles. The average Bonchev–Trinajstić information content (AvgIpc) is 2.57. The topological polar surface area (TPSA) is 78.8 Å². The van der Waals surface area contributed by atoms with Crippen LogP contribution in [-0.4, -0.2) is 19.7 Å². The second-order valence-electron chi connectivity index (χ2n) is 5.43. The molecule has 1 unspecified atom stereocenters. The Balaban J connectivity index is 2.13. The molecule has 1 atom stereocenters. The van der Waals surface area contributed by atoms with Gasteiger partial charge in [0.25, 0.3) is 10.0 Å². The molecule has 2 aromatic rings. The molecular weight excluding hydrogens is 348 g/mol. The Kier molecular flexibility index (Phi) is 5.85. The number of phenols is 1. The smallest absolute Gasteiger partial charge is 0.276 e. The quantitative estimate of drug-likeness (QED) is 0.601. The minimum atomic E-state index is -3.77. The number of hydrogen-bond acceptors (Lipinski definition) is 4. The summed E-state index contributed by atoms with van der Waals surface area (Å²) < 4.78 is 24.4. The predicted octanol–water partition coefficient (Wildman–Crippen LogP) is 3.87. The Morgan fingerprint density at radius 1 is 1.25 bits per heavy atom. The molecule has 0 heterocycles. The molecule has 5 nitrogen and oxygen atoms in total. The molecule has 0 saturated heterocycles. The lowest BCUT2D eigenvalue weighted by Crippen LogP contribution is -2.18. The molecule has 2 aromatic carbocycles. The first kappa shape index (κ1) is 18.3. The van der Waals surface area contributed by atoms with Gasteiger partial charge in [0.05, 0.1) is 11.1 Å². The van der Waals surface area contributed by atoms with Gasteiger partial charge in [-0.05, 0) is 48.2 Å². The van der Waals surface area contributed by atoms with E-state index < -0.39 is 10.0 Å². The van der Waals surface area contributed by atoms with E-state index in [1.807, 2.05) is 0 Å². The molecule has 0 amide bonds. The van der Waals surface area contributed by atoms with E-state index in [9.17, 15) is 13.5 Å². The molecule has 0 spiro atoms. The maximum Gasteiger partial charge on any atom is 0.276 e. The van der Waals surface area contributed by atoms with Gasteiger partial charge in [0, 0.05) is 10.6 Å². The number of hydrogen-bond donors (Lipinski definition) is 2. The number of sulfonamides is 1. The summed E-state index contributed by atoms with van der Waals surface area (Å²) in [5.74, 6) is 0.332. The third-order valence-electron chi connectivity index (χ3n) is 3.74. The highest BCUT2D eigenvalue weighted by molar-refractivity contribution is 7.89. The van der Waals surface area contributed by atoms with Crippen molar-refractivity contribution in [2.75, 3.05) is 0 Å². The van der Waals surface area contributed by atoms with Gasteiger partial charge in [-0.25, -0.2) is 4.83 Å². The van der Waals surface area contributed by atoms with Crippen LogP contribution in [0.15, 0.2) is 52.5 Å². The van der Waals surface area contributed by atoms with Crippen LogP contribution in [0.5, 0.6) is 5.75 Å². The van der Waals surface area contributed by atoms with E-state index in [1.165, 1.54) is 24.4 Å². The second kappa shape index (κ2) is 7.68. The van der Waals surface area contributed by atoms with Crippen LogP contribution in [0.4, 0.5) is 0 Å². The van der Waals surface area contributed by atoms with Crippen LogP contribution >= 0.6 is 11.6 Å². The molecule has 128 valence electrons. The van der Waals surface area contributed by atoms with Gasteiger partial charge in [0.2, 0.25) is 0 Å². The lowest BCUT2D eigenvalue weighted by atomic mass is 9.99. The van der Waals surface area contributed by atoms with Gasteiger partial charge in [-0.2, -0.15) is 13.5 Å². The number of halogens is 1. The highest BCUT2D eigenvalue weighted by Gasteiger charge is 2.13. The minimum Gasteiger partial charge on any atom is -0.507 e. The lowest BCUT2D eigenvalue weighted by molar-refractivity contribution is 0.474. The third kappa shape index (κ3) is 4.49. The Labute approximate surface area is 147 Å². The number of hydrazone groups is 1. The van der Waals surface area contributed by atoms with E-state index >= 15 is 0 Å². The van der Waals surface area contributed by atoms with Crippen LogP contribution in [0.3, 0.4) is 0 Å². The SMILES string of the molecule is CCC(C)c1ccc(S(=O)(=O)NN=Cc2cc(Cl)ccc2O)cc1. The Morgan fingerprint density at radius 2 is 1.92 bits per heavy atom. The number of benzene rings is 2. The highest BCUT2D eigenvalue weighted by Crippen LogP contribution is 2.21. The molecule has 2 N–H and O–H groups in total. The van der Waals surface area contributed by atoms with Gasteiger partial charge < -0.3 is 5.11 Å². The van der Waals surface area contributed by atoms with E-state index in [0.29, 0.717) is 16.5 Å². The summed E-state index contributed by atoms with van der Waals surface area (Å²) in [6.45, 7) is 4.17. The van der Waals surface area contributed by atoms with Crippen molar-refractivity contribution < 1.29 is 13.5 Å². The van der Waals surface area contributed by atoms with Crippen molar-refractivity contribution in [3.05, 3.63) is 58.6 Å². The van der Waals surface area contributed by atoms with Crippen LogP contribution in [0, 0.1) is 0 Å². The average molecular weight is 367 g/mol. The number of nitrogens with one attached hydrogen (secondary N) is 1. The summed E-state index contributed by atoms with van der Waals surface area (Å²) in [6, 6.07) is 11.1. The zero-order valence-corrected chi connectivity index (χ0v) is 15.0. The fourth-order valence-electron chi connectivity index (χ4n) is 2.06. The van der Waals surface area contributed by atoms with E-state index in [0.717, 1.165) is 12.0 Å². The van der Waals surface area contributed by atoms with Crippen molar-refractivity contribution in [2.45, 2.75) is 31.1 Å². The molecule has 0 fully saturated rings. The first-order chi connectivity index (χ1) is 11.3. The van der Waals surface area contributed by atoms with E-state index in [1.54, 1.807) is 24.3 Å². The van der Waals surface area contributed by atoms with Gasteiger partial charge in [-0.3, -0.25) is 0 Å². The lowest BCUT2D eigenvalue weighted by Gasteiger charge is -2.10. The standard InChI is InChI=1S/C17H19ClN2O3S/c1-3-12(2)13-4-7-16(8-5-13)24(22,23)20-19-11-14-10-15(18)6-9-17(14)21/h4-12,20-21H,3H2,1-2H3. The molecule has 0 bridgehead atoms. The van der Waals surface area contributed by atoms with Crippen LogP contribution < -0.4 is 4.83 Å². The zero-order chi connectivity index (χ0) is 17.7. The van der Waals surface area contributed by atoms with Gasteiger partial charge in [0.15, 0.2) is 0 Å². The molecule has 0 aliphatic heterocycles. The fraction of sp³-hybridized carbons (Fsp3) is 0.235. The summed E-state index contributed by atoms with van der Waals surface area (Å²) >= 11 is 5.82. The Morgan fingerprint density at radius 3 is 2.54 bits per heavy atom. The van der Waals surface area contributed by atoms with Crippen molar-refractivity contribution in [1.82, 2.24) is 4.83 Å². The van der Waals surface area contributed by atoms with Gasteiger partial charge in [0.1, 0.15) is 5.75 Å². The number of aromatic hydroxyl groups is 1. The predicted molar refractivity (Wildman–Crippen MR) is 96.2 cm³/mol. The normalized spacial score (nSPS) is 13.1. The van der Waals surface area contributed by atoms with Crippen LogP contribution in [0.25, 0.3) is 0 Å². The summed E-state index contributed by atoms with van der Waals surface area (Å²) in [5, 5.41) is 13.8. The van der Waals surface area contributed by atoms with Crippen molar-refractivity contribution in [3.63, 3.8) is 0 Å². The molecule has 2 rings (SSSR count). The van der Waals surface area contributed by atoms with Gasteiger partial charge in [-0.1, -0.05) is 37.6 Å². The molecule has 0 radical (unpaired) electrons. The van der Waals surface area contributed by atoms with Gasteiger partial charge in [-0.15, -0.1) is 0 Å². The van der Waals surface area contributed by atoms with Gasteiger partial charge >= 0.3 is 0 Å². The molecule has 0 aliphatic carbocycles. The summed E-state index contributed by atoms with van der Waals surface area (Å²) in [4.78, 5) is 2.25. The highest BCUT2D eigenvalue weighted by atomic mass is 35.5. The fourth-order valence-corrected chi connectivity index (χ4v) is 3.03. The molecular formula is C17H19ClN2O3S. The first-order valence-electron chi connectivity index (χ1n) is 7.47. The maximum absolute atomic E-state index is 12.2. The maximum atomic E-state index is 12.2. The first-order valence-corrected chi connectivity index (χ1v) is 9.33. The Bertz CT molecular complexity index is 833. The van der Waals surface area contributed by atoms with Crippen molar-refractivity contribution in [3.8, 4) is 5.75 Å².